The molecule has 0 radical (unpaired) electrons. The Morgan fingerprint density at radius 3 is 2.38 bits per heavy atom. The highest BCUT2D eigenvalue weighted by atomic mass is 35.5. The van der Waals surface area contributed by atoms with Crippen molar-refractivity contribution in [3.63, 3.8) is 0 Å². The van der Waals surface area contributed by atoms with Gasteiger partial charge in [0.05, 0.1) is 0 Å². The molecule has 0 atom stereocenters. The van der Waals surface area contributed by atoms with E-state index in [0.717, 1.165) is 18.2 Å². The SMILES string of the molecule is O=C(O)C(=O)c1cc(F)cc(Cl)c1. The Morgan fingerprint density at radius 1 is 1.31 bits per heavy atom. The maximum atomic E-state index is 12.6. The van der Waals surface area contributed by atoms with Gasteiger partial charge in [0.2, 0.25) is 0 Å². The predicted octanol–water partition coefficient (Wildman–Crippen LogP) is 1.75. The number of benzene rings is 1. The summed E-state index contributed by atoms with van der Waals surface area (Å²) >= 11 is 5.41. The van der Waals surface area contributed by atoms with Crippen LogP contribution in [-0.2, 0) is 4.79 Å². The van der Waals surface area contributed by atoms with Crippen molar-refractivity contribution in [3.05, 3.63) is 34.6 Å². The third kappa shape index (κ3) is 2.26. The minimum atomic E-state index is -1.64. The van der Waals surface area contributed by atoms with E-state index in [9.17, 15) is 14.0 Å². The molecule has 13 heavy (non-hydrogen) atoms. The molecule has 1 rings (SSSR count). The van der Waals surface area contributed by atoms with Crippen LogP contribution < -0.4 is 0 Å². The van der Waals surface area contributed by atoms with Crippen molar-refractivity contribution < 1.29 is 19.1 Å². The standard InChI is InChI=1S/C8H4ClFO3/c9-5-1-4(2-6(10)3-5)7(11)8(12)13/h1-3H,(H,12,13). The zero-order valence-corrected chi connectivity index (χ0v) is 7.01. The molecule has 68 valence electrons. The Morgan fingerprint density at radius 2 is 1.92 bits per heavy atom. The van der Waals surface area contributed by atoms with Gasteiger partial charge in [-0.05, 0) is 18.2 Å². The number of carboxylic acid groups (broad SMARTS) is 1. The van der Waals surface area contributed by atoms with Gasteiger partial charge in [0.25, 0.3) is 5.78 Å². The lowest BCUT2D eigenvalue weighted by Gasteiger charge is -1.97. The Labute approximate surface area is 77.7 Å². The summed E-state index contributed by atoms with van der Waals surface area (Å²) in [6, 6.07) is 2.91. The van der Waals surface area contributed by atoms with Gasteiger partial charge in [0, 0.05) is 10.6 Å². The Balaban J connectivity index is 3.15. The molecule has 0 aliphatic heterocycles. The molecule has 0 saturated carbocycles. The molecule has 1 N–H and O–H groups in total. The van der Waals surface area contributed by atoms with Gasteiger partial charge in [0.15, 0.2) is 0 Å². The van der Waals surface area contributed by atoms with Gasteiger partial charge in [-0.15, -0.1) is 0 Å². The largest absolute Gasteiger partial charge is 0.475 e. The molecule has 0 aliphatic rings. The molecule has 0 aliphatic carbocycles. The van der Waals surface area contributed by atoms with Crippen LogP contribution in [-0.4, -0.2) is 16.9 Å². The number of carboxylic acids is 1. The topological polar surface area (TPSA) is 54.4 Å². The summed E-state index contributed by atoms with van der Waals surface area (Å²) in [5, 5.41) is 8.29. The number of hydrogen-bond acceptors (Lipinski definition) is 2. The highest BCUT2D eigenvalue weighted by Crippen LogP contribution is 2.14. The molecule has 0 amide bonds. The van der Waals surface area contributed by atoms with Crippen molar-refractivity contribution in [2.24, 2.45) is 0 Å². The fourth-order valence-corrected chi connectivity index (χ4v) is 1.03. The average Bonchev–Trinajstić information content (AvgIpc) is 2.01. The summed E-state index contributed by atoms with van der Waals surface area (Å²) < 4.78 is 12.6. The van der Waals surface area contributed by atoms with Crippen LogP contribution in [0.1, 0.15) is 10.4 Å². The second-order valence-corrected chi connectivity index (χ2v) is 2.73. The summed E-state index contributed by atoms with van der Waals surface area (Å²) in [7, 11) is 0. The normalized spacial score (nSPS) is 9.69. The van der Waals surface area contributed by atoms with E-state index in [1.165, 1.54) is 0 Å². The maximum absolute atomic E-state index is 12.6. The van der Waals surface area contributed by atoms with E-state index in [1.54, 1.807) is 0 Å². The van der Waals surface area contributed by atoms with Crippen LogP contribution in [0, 0.1) is 5.82 Å². The smallest absolute Gasteiger partial charge is 0.377 e. The summed E-state index contributed by atoms with van der Waals surface area (Å²) in [5.74, 6) is -3.56. The van der Waals surface area contributed by atoms with E-state index < -0.39 is 17.6 Å². The van der Waals surface area contributed by atoms with Crippen LogP contribution in [0.3, 0.4) is 0 Å². The lowest BCUT2D eigenvalue weighted by molar-refractivity contribution is -0.131. The molecule has 3 nitrogen and oxygen atoms in total. The van der Waals surface area contributed by atoms with Crippen molar-refractivity contribution in [1.29, 1.82) is 0 Å². The summed E-state index contributed by atoms with van der Waals surface area (Å²) in [6.45, 7) is 0. The number of halogens is 2. The minimum Gasteiger partial charge on any atom is -0.475 e. The molecule has 0 saturated heterocycles. The number of carbonyl (C=O) groups excluding carboxylic acids is 1. The molecule has 0 unspecified atom stereocenters. The number of Topliss-reactive ketones (excluding diaryl/α,β-unsaturated/α-hetero) is 1. The van der Waals surface area contributed by atoms with Crippen molar-refractivity contribution in [2.75, 3.05) is 0 Å². The van der Waals surface area contributed by atoms with Gasteiger partial charge in [-0.1, -0.05) is 11.6 Å². The van der Waals surface area contributed by atoms with Crippen molar-refractivity contribution in [3.8, 4) is 0 Å². The Bertz CT molecular complexity index is 355. The van der Waals surface area contributed by atoms with Gasteiger partial charge in [-0.25, -0.2) is 9.18 Å². The second kappa shape index (κ2) is 3.53. The van der Waals surface area contributed by atoms with Crippen LogP contribution in [0.4, 0.5) is 4.39 Å². The van der Waals surface area contributed by atoms with Crippen LogP contribution in [0.2, 0.25) is 5.02 Å². The predicted molar refractivity (Wildman–Crippen MR) is 43.4 cm³/mol. The van der Waals surface area contributed by atoms with E-state index in [2.05, 4.69) is 0 Å². The minimum absolute atomic E-state index is 0.00963. The molecule has 1 aromatic carbocycles. The molecule has 0 spiro atoms. The molecule has 0 fully saturated rings. The van der Waals surface area contributed by atoms with Crippen molar-refractivity contribution in [1.82, 2.24) is 0 Å². The maximum Gasteiger partial charge on any atom is 0.377 e. The number of aliphatic carboxylic acids is 1. The average molecular weight is 203 g/mol. The van der Waals surface area contributed by atoms with Crippen molar-refractivity contribution >= 4 is 23.4 Å². The highest BCUT2D eigenvalue weighted by molar-refractivity contribution is 6.40. The first-order valence-electron chi connectivity index (χ1n) is 3.24. The van der Waals surface area contributed by atoms with Crippen molar-refractivity contribution in [2.45, 2.75) is 0 Å². The second-order valence-electron chi connectivity index (χ2n) is 2.29. The lowest BCUT2D eigenvalue weighted by Crippen LogP contribution is -2.12. The molecule has 0 aromatic heterocycles. The first kappa shape index (κ1) is 9.67. The van der Waals surface area contributed by atoms with Gasteiger partial charge in [0.1, 0.15) is 5.82 Å². The van der Waals surface area contributed by atoms with E-state index in [0.29, 0.717) is 0 Å². The van der Waals surface area contributed by atoms with E-state index in [-0.39, 0.29) is 10.6 Å². The van der Waals surface area contributed by atoms with E-state index >= 15 is 0 Å². The molecular formula is C8H4ClFO3. The number of carbonyl (C=O) groups is 2. The zero-order chi connectivity index (χ0) is 10.0. The van der Waals surface area contributed by atoms with Crippen LogP contribution in [0.15, 0.2) is 18.2 Å². The zero-order valence-electron chi connectivity index (χ0n) is 6.25. The van der Waals surface area contributed by atoms with Gasteiger partial charge in [-0.3, -0.25) is 4.79 Å². The highest BCUT2D eigenvalue weighted by Gasteiger charge is 2.15. The molecule has 5 heteroatoms. The first-order valence-corrected chi connectivity index (χ1v) is 3.62. The summed E-state index contributed by atoms with van der Waals surface area (Å²) in [5.41, 5.74) is -0.266. The van der Waals surface area contributed by atoms with Crippen LogP contribution in [0.25, 0.3) is 0 Å². The number of rotatable bonds is 2. The third-order valence-electron chi connectivity index (χ3n) is 1.32. The third-order valence-corrected chi connectivity index (χ3v) is 1.54. The van der Waals surface area contributed by atoms with Gasteiger partial charge < -0.3 is 5.11 Å². The molecule has 1 aromatic rings. The van der Waals surface area contributed by atoms with Gasteiger partial charge in [-0.2, -0.15) is 0 Å². The number of ketones is 1. The summed E-state index contributed by atoms with van der Waals surface area (Å²) in [4.78, 5) is 21.0. The summed E-state index contributed by atoms with van der Waals surface area (Å²) in [6.07, 6.45) is 0. The molecule has 0 bridgehead atoms. The monoisotopic (exact) mass is 202 g/mol. The lowest BCUT2D eigenvalue weighted by atomic mass is 10.1. The Kier molecular flexibility index (Phi) is 2.63. The number of hydrogen-bond donors (Lipinski definition) is 1. The molecule has 0 heterocycles. The molecular weight excluding hydrogens is 199 g/mol. The quantitative estimate of drug-likeness (QED) is 0.587. The van der Waals surface area contributed by atoms with E-state index in [4.69, 9.17) is 16.7 Å². The van der Waals surface area contributed by atoms with Crippen LogP contribution in [0.5, 0.6) is 0 Å². The van der Waals surface area contributed by atoms with Gasteiger partial charge >= 0.3 is 5.97 Å². The van der Waals surface area contributed by atoms with Crippen LogP contribution >= 0.6 is 11.6 Å². The fourth-order valence-electron chi connectivity index (χ4n) is 0.808. The Hall–Kier alpha value is -1.42. The fraction of sp³-hybridized carbons (Fsp3) is 0. The first-order chi connectivity index (χ1) is 6.00. The van der Waals surface area contributed by atoms with E-state index in [1.807, 2.05) is 0 Å².